The lowest BCUT2D eigenvalue weighted by molar-refractivity contribution is 0.580. The zero-order valence-electron chi connectivity index (χ0n) is 8.05. The Balaban J connectivity index is 1.99. The van der Waals surface area contributed by atoms with Gasteiger partial charge in [0.05, 0.1) is 6.54 Å². The minimum absolute atomic E-state index is 0.424. The molecule has 0 bridgehead atoms. The van der Waals surface area contributed by atoms with Gasteiger partial charge >= 0.3 is 0 Å². The predicted octanol–water partition coefficient (Wildman–Crippen LogP) is 0.356. The molecule has 0 spiro atoms. The zero-order chi connectivity index (χ0) is 10.7. The molecule has 0 fully saturated rings. The third kappa shape index (κ3) is 2.46. The molecule has 0 saturated carbocycles. The molecule has 2 aromatic rings. The van der Waals surface area contributed by atoms with E-state index in [1.165, 1.54) is 6.07 Å². The second-order valence-electron chi connectivity index (χ2n) is 2.96. The van der Waals surface area contributed by atoms with Gasteiger partial charge in [-0.05, 0) is 0 Å². The van der Waals surface area contributed by atoms with E-state index in [0.29, 0.717) is 12.4 Å². The summed E-state index contributed by atoms with van der Waals surface area (Å²) in [5.41, 5.74) is 0.761. The Hall–Kier alpha value is -2.05. The molecule has 0 unspecified atom stereocenters. The lowest BCUT2D eigenvalue weighted by Crippen LogP contribution is -2.02. The molecule has 6 nitrogen and oxygen atoms in total. The predicted molar refractivity (Wildman–Crippen MR) is 50.3 cm³/mol. The van der Waals surface area contributed by atoms with Gasteiger partial charge in [0.2, 0.25) is 5.95 Å². The van der Waals surface area contributed by atoms with Gasteiger partial charge in [0.25, 0.3) is 0 Å². The molecule has 15 heavy (non-hydrogen) atoms. The number of nitrogens with zero attached hydrogens (tertiary/aromatic N) is 5. The van der Waals surface area contributed by atoms with Crippen LogP contribution in [0.1, 0.15) is 5.69 Å². The number of halogens is 1. The largest absolute Gasteiger partial charge is 0.364 e. The second kappa shape index (κ2) is 3.99. The summed E-state index contributed by atoms with van der Waals surface area (Å²) in [5, 5.41) is 10.5. The quantitative estimate of drug-likeness (QED) is 0.737. The van der Waals surface area contributed by atoms with Crippen molar-refractivity contribution in [3.63, 3.8) is 0 Å². The van der Waals surface area contributed by atoms with Crippen LogP contribution < -0.4 is 5.32 Å². The molecule has 2 heterocycles. The summed E-state index contributed by atoms with van der Waals surface area (Å²) in [6.45, 7) is 0.449. The van der Waals surface area contributed by atoms with E-state index in [9.17, 15) is 4.39 Å². The van der Waals surface area contributed by atoms with Gasteiger partial charge in [-0.25, -0.2) is 9.97 Å². The summed E-state index contributed by atoms with van der Waals surface area (Å²) in [6, 6.07) is 1.22. The molecular weight excluding hydrogens is 199 g/mol. The number of aromatic nitrogens is 5. The Morgan fingerprint density at radius 2 is 2.33 bits per heavy atom. The van der Waals surface area contributed by atoms with Crippen LogP contribution in [-0.2, 0) is 13.6 Å². The fraction of sp³-hybridized carbons (Fsp3) is 0.250. The highest BCUT2D eigenvalue weighted by Crippen LogP contribution is 2.03. The maximum absolute atomic E-state index is 12.7. The van der Waals surface area contributed by atoms with Gasteiger partial charge in [-0.15, -0.1) is 5.10 Å². The van der Waals surface area contributed by atoms with Crippen molar-refractivity contribution in [2.75, 3.05) is 5.32 Å². The standard InChI is InChI=1S/C8H9FN6/c1-15-4-6(13-14-15)3-10-8-2-7(9)11-5-12-8/h2,4-5H,3H2,1H3,(H,10,11,12). The van der Waals surface area contributed by atoms with Crippen LogP contribution in [0.2, 0.25) is 0 Å². The number of nitrogens with one attached hydrogen (secondary N) is 1. The molecule has 0 aliphatic carbocycles. The first kappa shape index (κ1) is 9.50. The molecule has 2 aromatic heterocycles. The maximum Gasteiger partial charge on any atom is 0.217 e. The van der Waals surface area contributed by atoms with Crippen molar-refractivity contribution in [1.29, 1.82) is 0 Å². The number of hydrogen-bond acceptors (Lipinski definition) is 5. The molecule has 0 aromatic carbocycles. The molecule has 0 aliphatic heterocycles. The van der Waals surface area contributed by atoms with Gasteiger partial charge in [-0.1, -0.05) is 5.21 Å². The lowest BCUT2D eigenvalue weighted by Gasteiger charge is -2.01. The average molecular weight is 208 g/mol. The molecule has 1 N–H and O–H groups in total. The van der Waals surface area contributed by atoms with E-state index in [-0.39, 0.29) is 0 Å². The third-order valence-electron chi connectivity index (χ3n) is 1.73. The maximum atomic E-state index is 12.7. The normalized spacial score (nSPS) is 10.3. The molecule has 0 atom stereocenters. The van der Waals surface area contributed by atoms with Crippen LogP contribution in [0.15, 0.2) is 18.6 Å². The van der Waals surface area contributed by atoms with Crippen LogP contribution in [0.5, 0.6) is 0 Å². The van der Waals surface area contributed by atoms with Crippen LogP contribution in [0, 0.1) is 5.95 Å². The number of rotatable bonds is 3. The summed E-state index contributed by atoms with van der Waals surface area (Å²) in [7, 11) is 1.78. The lowest BCUT2D eigenvalue weighted by atomic mass is 10.4. The Labute approximate surface area is 85.2 Å². The Morgan fingerprint density at radius 1 is 1.47 bits per heavy atom. The van der Waals surface area contributed by atoms with E-state index in [4.69, 9.17) is 0 Å². The first-order valence-electron chi connectivity index (χ1n) is 4.30. The van der Waals surface area contributed by atoms with Crippen molar-refractivity contribution in [2.24, 2.45) is 7.05 Å². The summed E-state index contributed by atoms with van der Waals surface area (Å²) < 4.78 is 14.3. The zero-order valence-corrected chi connectivity index (χ0v) is 8.05. The Morgan fingerprint density at radius 3 is 3.00 bits per heavy atom. The molecule has 0 aliphatic rings. The van der Waals surface area contributed by atoms with Crippen molar-refractivity contribution < 1.29 is 4.39 Å². The van der Waals surface area contributed by atoms with E-state index in [1.807, 2.05) is 0 Å². The molecule has 0 saturated heterocycles. The fourth-order valence-corrected chi connectivity index (χ4v) is 1.09. The molecule has 7 heteroatoms. The summed E-state index contributed by atoms with van der Waals surface area (Å²) in [6.07, 6.45) is 2.93. The highest BCUT2D eigenvalue weighted by molar-refractivity contribution is 5.32. The van der Waals surface area contributed by atoms with E-state index in [0.717, 1.165) is 12.0 Å². The topological polar surface area (TPSA) is 68.5 Å². The summed E-state index contributed by atoms with van der Waals surface area (Å²) >= 11 is 0. The number of aryl methyl sites for hydroxylation is 1. The van der Waals surface area contributed by atoms with Crippen LogP contribution in [0.25, 0.3) is 0 Å². The summed E-state index contributed by atoms with van der Waals surface area (Å²) in [5.74, 6) is -0.139. The van der Waals surface area contributed by atoms with Gasteiger partial charge < -0.3 is 5.32 Å². The molecular formula is C8H9FN6. The Kier molecular flexibility index (Phi) is 2.53. The molecule has 78 valence electrons. The third-order valence-corrected chi connectivity index (χ3v) is 1.73. The Bertz CT molecular complexity index is 454. The van der Waals surface area contributed by atoms with Crippen molar-refractivity contribution in [2.45, 2.75) is 6.54 Å². The van der Waals surface area contributed by atoms with Gasteiger partial charge in [-0.3, -0.25) is 4.68 Å². The van der Waals surface area contributed by atoms with Gasteiger partial charge in [0, 0.05) is 19.3 Å². The first-order valence-corrected chi connectivity index (χ1v) is 4.30. The monoisotopic (exact) mass is 208 g/mol. The minimum Gasteiger partial charge on any atom is -0.364 e. The SMILES string of the molecule is Cn1cc(CNc2cc(F)ncn2)nn1. The molecule has 2 rings (SSSR count). The number of anilines is 1. The second-order valence-corrected chi connectivity index (χ2v) is 2.96. The van der Waals surface area contributed by atoms with Gasteiger partial charge in [-0.2, -0.15) is 4.39 Å². The smallest absolute Gasteiger partial charge is 0.217 e. The van der Waals surface area contributed by atoms with Crippen LogP contribution in [0.3, 0.4) is 0 Å². The van der Waals surface area contributed by atoms with Gasteiger partial charge in [0.1, 0.15) is 17.8 Å². The van der Waals surface area contributed by atoms with E-state index in [2.05, 4.69) is 25.6 Å². The van der Waals surface area contributed by atoms with Gasteiger partial charge in [0.15, 0.2) is 0 Å². The van der Waals surface area contributed by atoms with Crippen LogP contribution >= 0.6 is 0 Å². The molecule has 0 amide bonds. The minimum atomic E-state index is -0.563. The van der Waals surface area contributed by atoms with E-state index >= 15 is 0 Å². The first-order chi connectivity index (χ1) is 7.24. The van der Waals surface area contributed by atoms with Crippen molar-refractivity contribution in [3.8, 4) is 0 Å². The van der Waals surface area contributed by atoms with E-state index in [1.54, 1.807) is 17.9 Å². The van der Waals surface area contributed by atoms with Crippen molar-refractivity contribution in [3.05, 3.63) is 30.2 Å². The summed E-state index contributed by atoms with van der Waals surface area (Å²) in [4.78, 5) is 7.19. The number of hydrogen-bond donors (Lipinski definition) is 1. The fourth-order valence-electron chi connectivity index (χ4n) is 1.09. The van der Waals surface area contributed by atoms with Crippen molar-refractivity contribution >= 4 is 5.82 Å². The van der Waals surface area contributed by atoms with Crippen molar-refractivity contribution in [1.82, 2.24) is 25.0 Å². The molecule has 0 radical (unpaired) electrons. The van der Waals surface area contributed by atoms with E-state index < -0.39 is 5.95 Å². The highest BCUT2D eigenvalue weighted by atomic mass is 19.1. The highest BCUT2D eigenvalue weighted by Gasteiger charge is 2.00. The average Bonchev–Trinajstić information content (AvgIpc) is 2.62. The van der Waals surface area contributed by atoms with Crippen LogP contribution in [-0.4, -0.2) is 25.0 Å². The van der Waals surface area contributed by atoms with Crippen LogP contribution in [0.4, 0.5) is 10.2 Å².